The van der Waals surface area contributed by atoms with Gasteiger partial charge in [0.25, 0.3) is 0 Å². The third kappa shape index (κ3) is 2.25. The van der Waals surface area contributed by atoms with Crippen LogP contribution in [0.5, 0.6) is 11.5 Å². The number of primary amides is 1. The lowest BCUT2D eigenvalue weighted by Crippen LogP contribution is -2.05. The van der Waals surface area contributed by atoms with Crippen LogP contribution in [0.25, 0.3) is 6.08 Å². The van der Waals surface area contributed by atoms with Crippen molar-refractivity contribution in [1.29, 1.82) is 5.26 Å². The minimum atomic E-state index is -0.661. The van der Waals surface area contributed by atoms with Gasteiger partial charge in [0.1, 0.15) is 11.6 Å². The summed E-state index contributed by atoms with van der Waals surface area (Å²) in [4.78, 5) is 10.5. The molecule has 15 heavy (non-hydrogen) atoms. The number of carbonyl (C=O) groups excluding carboxylic acids is 1. The summed E-state index contributed by atoms with van der Waals surface area (Å²) in [5.41, 5.74) is 5.09. The van der Waals surface area contributed by atoms with Crippen molar-refractivity contribution in [2.24, 2.45) is 5.73 Å². The summed E-state index contributed by atoms with van der Waals surface area (Å²) < 4.78 is 0. The van der Waals surface area contributed by atoms with Crippen LogP contribution in [0.2, 0.25) is 0 Å². The Morgan fingerprint density at radius 3 is 2.67 bits per heavy atom. The zero-order valence-corrected chi connectivity index (χ0v) is 7.64. The van der Waals surface area contributed by atoms with Crippen LogP contribution in [0.3, 0.4) is 0 Å². The second-order valence-electron chi connectivity index (χ2n) is 2.75. The molecule has 0 spiro atoms. The van der Waals surface area contributed by atoms with E-state index in [1.165, 1.54) is 18.2 Å². The smallest absolute Gasteiger partial charge is 0.241 e. The van der Waals surface area contributed by atoms with Crippen LogP contribution in [-0.2, 0) is 4.79 Å². The van der Waals surface area contributed by atoms with Crippen LogP contribution >= 0.6 is 0 Å². The molecule has 0 aliphatic heterocycles. The fourth-order valence-electron chi connectivity index (χ4n) is 1.02. The van der Waals surface area contributed by atoms with E-state index in [0.717, 1.165) is 6.08 Å². The maximum Gasteiger partial charge on any atom is 0.241 e. The average molecular weight is 204 g/mol. The zero-order chi connectivity index (χ0) is 11.4. The summed E-state index contributed by atoms with van der Waals surface area (Å²) in [6.07, 6.45) is 2.35. The van der Waals surface area contributed by atoms with E-state index in [4.69, 9.17) is 16.1 Å². The van der Waals surface area contributed by atoms with Crippen molar-refractivity contribution >= 4 is 12.0 Å². The quantitative estimate of drug-likeness (QED) is 0.480. The highest BCUT2D eigenvalue weighted by atomic mass is 16.3. The Balaban J connectivity index is 3.27. The standard InChI is InChI=1S/C10H8N2O3/c11-5-7-6(2-4-9(12)14)1-3-8(13)10(7)15/h1-4,13,15H,(H2,12,14)/b4-2+. The number of nitrogens with zero attached hydrogens (tertiary/aromatic N) is 1. The number of hydrogen-bond donors (Lipinski definition) is 3. The molecule has 0 bridgehead atoms. The number of benzene rings is 1. The monoisotopic (exact) mass is 204 g/mol. The minimum Gasteiger partial charge on any atom is -0.504 e. The van der Waals surface area contributed by atoms with E-state index in [1.807, 2.05) is 0 Å². The topological polar surface area (TPSA) is 107 Å². The molecule has 0 saturated heterocycles. The third-order valence-corrected chi connectivity index (χ3v) is 1.73. The van der Waals surface area contributed by atoms with E-state index in [-0.39, 0.29) is 11.3 Å². The number of nitrogens with two attached hydrogens (primary N) is 1. The third-order valence-electron chi connectivity index (χ3n) is 1.73. The number of nitriles is 1. The normalized spacial score (nSPS) is 10.1. The molecule has 5 nitrogen and oxygen atoms in total. The van der Waals surface area contributed by atoms with Crippen molar-refractivity contribution in [3.63, 3.8) is 0 Å². The number of carbonyl (C=O) groups is 1. The SMILES string of the molecule is N#Cc1c(/C=C/C(N)=O)ccc(O)c1O. The van der Waals surface area contributed by atoms with Gasteiger partial charge >= 0.3 is 0 Å². The summed E-state index contributed by atoms with van der Waals surface area (Å²) in [5.74, 6) is -1.56. The van der Waals surface area contributed by atoms with Crippen molar-refractivity contribution in [1.82, 2.24) is 0 Å². The number of amides is 1. The average Bonchev–Trinajstić information content (AvgIpc) is 2.19. The Labute approximate surface area is 85.7 Å². The van der Waals surface area contributed by atoms with Crippen LogP contribution in [0.1, 0.15) is 11.1 Å². The zero-order valence-electron chi connectivity index (χ0n) is 7.64. The molecule has 0 aromatic heterocycles. The highest BCUT2D eigenvalue weighted by Gasteiger charge is 2.09. The molecule has 4 N–H and O–H groups in total. The van der Waals surface area contributed by atoms with Crippen molar-refractivity contribution in [2.75, 3.05) is 0 Å². The molecule has 0 fully saturated rings. The summed E-state index contributed by atoms with van der Waals surface area (Å²) in [6.45, 7) is 0. The fourth-order valence-corrected chi connectivity index (χ4v) is 1.02. The van der Waals surface area contributed by atoms with Gasteiger partial charge in [0.05, 0.1) is 0 Å². The number of hydrogen-bond acceptors (Lipinski definition) is 4. The Morgan fingerprint density at radius 1 is 1.47 bits per heavy atom. The van der Waals surface area contributed by atoms with E-state index in [2.05, 4.69) is 0 Å². The Morgan fingerprint density at radius 2 is 2.13 bits per heavy atom. The first-order chi connectivity index (χ1) is 7.06. The Bertz CT molecular complexity index is 472. The highest BCUT2D eigenvalue weighted by Crippen LogP contribution is 2.31. The number of phenolic OH excluding ortho intramolecular Hbond substituents is 2. The van der Waals surface area contributed by atoms with Gasteiger partial charge in [-0.2, -0.15) is 5.26 Å². The van der Waals surface area contributed by atoms with Crippen molar-refractivity contribution in [3.8, 4) is 17.6 Å². The minimum absolute atomic E-state index is 0.104. The highest BCUT2D eigenvalue weighted by molar-refractivity contribution is 5.90. The molecule has 0 atom stereocenters. The molecular formula is C10H8N2O3. The van der Waals surface area contributed by atoms with Crippen molar-refractivity contribution < 1.29 is 15.0 Å². The number of rotatable bonds is 2. The predicted octanol–water partition coefficient (Wildman–Crippen LogP) is 0.468. The molecule has 1 aromatic carbocycles. The first-order valence-corrected chi connectivity index (χ1v) is 3.98. The fraction of sp³-hybridized carbons (Fsp3) is 0. The Kier molecular flexibility index (Phi) is 2.94. The summed E-state index contributed by atoms with van der Waals surface area (Å²) >= 11 is 0. The molecule has 0 aliphatic rings. The summed E-state index contributed by atoms with van der Waals surface area (Å²) in [6, 6.07) is 4.33. The summed E-state index contributed by atoms with van der Waals surface area (Å²) in [5, 5.41) is 27.2. The first kappa shape index (κ1) is 10.6. The molecule has 5 heteroatoms. The largest absolute Gasteiger partial charge is 0.504 e. The van der Waals surface area contributed by atoms with Gasteiger partial charge < -0.3 is 15.9 Å². The van der Waals surface area contributed by atoms with Gasteiger partial charge in [0.2, 0.25) is 5.91 Å². The van der Waals surface area contributed by atoms with E-state index < -0.39 is 11.7 Å². The molecule has 0 aliphatic carbocycles. The van der Waals surface area contributed by atoms with Gasteiger partial charge in [-0.25, -0.2) is 0 Å². The van der Waals surface area contributed by atoms with Crippen molar-refractivity contribution in [2.45, 2.75) is 0 Å². The van der Waals surface area contributed by atoms with Crippen LogP contribution in [-0.4, -0.2) is 16.1 Å². The van der Waals surface area contributed by atoms with Gasteiger partial charge in [0.15, 0.2) is 11.5 Å². The number of aromatic hydroxyl groups is 2. The molecule has 76 valence electrons. The second kappa shape index (κ2) is 4.15. The molecule has 1 rings (SSSR count). The lowest BCUT2D eigenvalue weighted by Gasteiger charge is -2.02. The Hall–Kier alpha value is -2.48. The van der Waals surface area contributed by atoms with Gasteiger partial charge in [-0.1, -0.05) is 0 Å². The van der Waals surface area contributed by atoms with Gasteiger partial charge in [-0.05, 0) is 23.8 Å². The molecule has 0 radical (unpaired) electrons. The molecule has 0 unspecified atom stereocenters. The van der Waals surface area contributed by atoms with Crippen LogP contribution in [0.15, 0.2) is 18.2 Å². The lowest BCUT2D eigenvalue weighted by atomic mass is 10.1. The maximum absolute atomic E-state index is 10.5. The molecule has 0 heterocycles. The van der Waals surface area contributed by atoms with E-state index in [1.54, 1.807) is 6.07 Å². The van der Waals surface area contributed by atoms with E-state index in [9.17, 15) is 9.90 Å². The van der Waals surface area contributed by atoms with Crippen LogP contribution in [0.4, 0.5) is 0 Å². The number of phenols is 2. The molecule has 0 saturated carbocycles. The van der Waals surface area contributed by atoms with Crippen LogP contribution in [0, 0.1) is 11.3 Å². The second-order valence-corrected chi connectivity index (χ2v) is 2.75. The van der Waals surface area contributed by atoms with Gasteiger partial charge in [-0.3, -0.25) is 4.79 Å². The first-order valence-electron chi connectivity index (χ1n) is 3.98. The molecule has 1 aromatic rings. The summed E-state index contributed by atoms with van der Waals surface area (Å²) in [7, 11) is 0. The molecule has 1 amide bonds. The van der Waals surface area contributed by atoms with Crippen LogP contribution < -0.4 is 5.73 Å². The van der Waals surface area contributed by atoms with E-state index in [0.29, 0.717) is 5.56 Å². The predicted molar refractivity (Wildman–Crippen MR) is 52.7 cm³/mol. The molecular weight excluding hydrogens is 196 g/mol. The van der Waals surface area contributed by atoms with Gasteiger partial charge in [0, 0.05) is 6.08 Å². The van der Waals surface area contributed by atoms with Gasteiger partial charge in [-0.15, -0.1) is 0 Å². The maximum atomic E-state index is 10.5. The lowest BCUT2D eigenvalue weighted by molar-refractivity contribution is -0.113. The van der Waals surface area contributed by atoms with E-state index >= 15 is 0 Å². The van der Waals surface area contributed by atoms with Crippen molar-refractivity contribution in [3.05, 3.63) is 29.3 Å².